The van der Waals surface area contributed by atoms with Crippen LogP contribution in [0.1, 0.15) is 39.5 Å². The fraction of sp³-hybridized carbons (Fsp3) is 1.00. The van der Waals surface area contributed by atoms with Gasteiger partial charge in [-0.2, -0.15) is 0 Å². The Kier molecular flexibility index (Phi) is 2.32. The van der Waals surface area contributed by atoms with Crippen molar-refractivity contribution in [1.29, 1.82) is 0 Å². The summed E-state index contributed by atoms with van der Waals surface area (Å²) < 4.78 is 0. The summed E-state index contributed by atoms with van der Waals surface area (Å²) in [5.41, 5.74) is 3.31. The van der Waals surface area contributed by atoms with Gasteiger partial charge in [-0.05, 0) is 25.2 Å². The molecule has 0 aromatic rings. The van der Waals surface area contributed by atoms with Crippen molar-refractivity contribution >= 4 is 0 Å². The molecule has 1 aliphatic carbocycles. The summed E-state index contributed by atoms with van der Waals surface area (Å²) in [5.74, 6) is 5.39. The first-order chi connectivity index (χ1) is 4.69. The molecular weight excluding hydrogens is 124 g/mol. The van der Waals surface area contributed by atoms with Crippen molar-refractivity contribution in [2.24, 2.45) is 11.3 Å². The minimum Gasteiger partial charge on any atom is -0.271 e. The SMILES string of the molecule is CC(NN)C1(C)CCCC1. The van der Waals surface area contributed by atoms with E-state index in [1.807, 2.05) is 0 Å². The maximum absolute atomic E-state index is 5.39. The van der Waals surface area contributed by atoms with E-state index in [4.69, 9.17) is 5.84 Å². The summed E-state index contributed by atoms with van der Waals surface area (Å²) in [4.78, 5) is 0. The lowest BCUT2D eigenvalue weighted by molar-refractivity contribution is 0.238. The smallest absolute Gasteiger partial charge is 0.0236 e. The molecule has 10 heavy (non-hydrogen) atoms. The van der Waals surface area contributed by atoms with E-state index in [1.54, 1.807) is 0 Å². The average molecular weight is 142 g/mol. The predicted octanol–water partition coefficient (Wildman–Crippen LogP) is 1.42. The standard InChI is InChI=1S/C8H18N2/c1-7(10-9)8(2)5-3-4-6-8/h7,10H,3-6,9H2,1-2H3. The van der Waals surface area contributed by atoms with Crippen LogP contribution in [0.2, 0.25) is 0 Å². The minimum absolute atomic E-state index is 0.467. The van der Waals surface area contributed by atoms with E-state index in [1.165, 1.54) is 25.7 Å². The van der Waals surface area contributed by atoms with E-state index in [0.717, 1.165) is 0 Å². The Morgan fingerprint density at radius 3 is 2.30 bits per heavy atom. The first-order valence-electron chi connectivity index (χ1n) is 4.15. The fourth-order valence-electron chi connectivity index (χ4n) is 1.82. The van der Waals surface area contributed by atoms with Gasteiger partial charge in [0.25, 0.3) is 0 Å². The monoisotopic (exact) mass is 142 g/mol. The summed E-state index contributed by atoms with van der Waals surface area (Å²) in [6, 6.07) is 0.468. The molecule has 1 rings (SSSR count). The molecule has 1 fully saturated rings. The number of hydrazine groups is 1. The Labute approximate surface area is 63.1 Å². The zero-order chi connectivity index (χ0) is 7.61. The van der Waals surface area contributed by atoms with E-state index in [-0.39, 0.29) is 0 Å². The van der Waals surface area contributed by atoms with Crippen LogP contribution < -0.4 is 11.3 Å². The van der Waals surface area contributed by atoms with Crippen LogP contribution in [-0.2, 0) is 0 Å². The van der Waals surface area contributed by atoms with Crippen LogP contribution in [0, 0.1) is 5.41 Å². The topological polar surface area (TPSA) is 38.0 Å². The van der Waals surface area contributed by atoms with Crippen molar-refractivity contribution in [2.75, 3.05) is 0 Å². The Bertz CT molecular complexity index is 106. The predicted molar refractivity (Wildman–Crippen MR) is 43.4 cm³/mol. The molecule has 0 spiro atoms. The third-order valence-corrected chi connectivity index (χ3v) is 3.04. The van der Waals surface area contributed by atoms with Crippen molar-refractivity contribution in [3.05, 3.63) is 0 Å². The first-order valence-corrected chi connectivity index (χ1v) is 4.15. The maximum atomic E-state index is 5.39. The summed E-state index contributed by atoms with van der Waals surface area (Å²) >= 11 is 0. The summed E-state index contributed by atoms with van der Waals surface area (Å²) in [7, 11) is 0. The van der Waals surface area contributed by atoms with Crippen LogP contribution in [0.25, 0.3) is 0 Å². The van der Waals surface area contributed by atoms with Crippen molar-refractivity contribution in [1.82, 2.24) is 5.43 Å². The van der Waals surface area contributed by atoms with Crippen LogP contribution in [0.15, 0.2) is 0 Å². The highest BCUT2D eigenvalue weighted by molar-refractivity contribution is 4.87. The Hall–Kier alpha value is -0.0800. The van der Waals surface area contributed by atoms with E-state index in [9.17, 15) is 0 Å². The lowest BCUT2D eigenvalue weighted by Crippen LogP contribution is -2.43. The Balaban J connectivity index is 2.49. The van der Waals surface area contributed by atoms with Crippen molar-refractivity contribution in [3.8, 4) is 0 Å². The normalized spacial score (nSPS) is 26.7. The highest BCUT2D eigenvalue weighted by Crippen LogP contribution is 2.39. The molecule has 0 aromatic carbocycles. The van der Waals surface area contributed by atoms with Gasteiger partial charge in [-0.25, -0.2) is 0 Å². The quantitative estimate of drug-likeness (QED) is 0.452. The molecule has 2 nitrogen and oxygen atoms in total. The lowest BCUT2D eigenvalue weighted by Gasteiger charge is -2.30. The van der Waals surface area contributed by atoms with E-state index < -0.39 is 0 Å². The van der Waals surface area contributed by atoms with Crippen molar-refractivity contribution in [3.63, 3.8) is 0 Å². The minimum atomic E-state index is 0.467. The number of nitrogens with two attached hydrogens (primary N) is 1. The zero-order valence-electron chi connectivity index (χ0n) is 6.98. The van der Waals surface area contributed by atoms with Crippen LogP contribution >= 0.6 is 0 Å². The molecule has 0 radical (unpaired) electrons. The number of hydrogen-bond acceptors (Lipinski definition) is 2. The molecule has 1 unspecified atom stereocenters. The molecule has 0 saturated heterocycles. The average Bonchev–Trinajstić information content (AvgIpc) is 2.36. The number of rotatable bonds is 2. The molecular formula is C8H18N2. The first kappa shape index (κ1) is 8.02. The van der Waals surface area contributed by atoms with Crippen LogP contribution in [0.4, 0.5) is 0 Å². The van der Waals surface area contributed by atoms with Gasteiger partial charge in [0.05, 0.1) is 0 Å². The van der Waals surface area contributed by atoms with Crippen LogP contribution in [0.5, 0.6) is 0 Å². The molecule has 1 saturated carbocycles. The van der Waals surface area contributed by atoms with E-state index >= 15 is 0 Å². The second-order valence-electron chi connectivity index (χ2n) is 3.75. The molecule has 2 heteroatoms. The van der Waals surface area contributed by atoms with Gasteiger partial charge in [-0.1, -0.05) is 19.8 Å². The lowest BCUT2D eigenvalue weighted by atomic mass is 9.82. The van der Waals surface area contributed by atoms with Gasteiger partial charge >= 0.3 is 0 Å². The van der Waals surface area contributed by atoms with Gasteiger partial charge in [0.2, 0.25) is 0 Å². The molecule has 1 atom stereocenters. The summed E-state index contributed by atoms with van der Waals surface area (Å²) in [6.07, 6.45) is 5.42. The van der Waals surface area contributed by atoms with Gasteiger partial charge in [0, 0.05) is 6.04 Å². The van der Waals surface area contributed by atoms with Gasteiger partial charge in [0.15, 0.2) is 0 Å². The maximum Gasteiger partial charge on any atom is 0.0236 e. The van der Waals surface area contributed by atoms with Crippen LogP contribution in [0.3, 0.4) is 0 Å². The fourth-order valence-corrected chi connectivity index (χ4v) is 1.82. The van der Waals surface area contributed by atoms with Crippen LogP contribution in [-0.4, -0.2) is 6.04 Å². The Morgan fingerprint density at radius 1 is 1.40 bits per heavy atom. The van der Waals surface area contributed by atoms with Gasteiger partial charge in [-0.15, -0.1) is 0 Å². The highest BCUT2D eigenvalue weighted by atomic mass is 15.2. The number of nitrogens with one attached hydrogen (secondary N) is 1. The highest BCUT2D eigenvalue weighted by Gasteiger charge is 2.33. The molecule has 0 aliphatic heterocycles. The third-order valence-electron chi connectivity index (χ3n) is 3.04. The largest absolute Gasteiger partial charge is 0.271 e. The van der Waals surface area contributed by atoms with Gasteiger partial charge in [0.1, 0.15) is 0 Å². The molecule has 3 N–H and O–H groups in total. The Morgan fingerprint density at radius 2 is 1.90 bits per heavy atom. The van der Waals surface area contributed by atoms with Gasteiger partial charge in [-0.3, -0.25) is 11.3 Å². The summed E-state index contributed by atoms with van der Waals surface area (Å²) in [5, 5.41) is 0. The van der Waals surface area contributed by atoms with Crippen molar-refractivity contribution < 1.29 is 0 Å². The van der Waals surface area contributed by atoms with Crippen molar-refractivity contribution in [2.45, 2.75) is 45.6 Å². The van der Waals surface area contributed by atoms with E-state index in [2.05, 4.69) is 19.3 Å². The zero-order valence-corrected chi connectivity index (χ0v) is 6.98. The molecule has 0 aromatic heterocycles. The molecule has 0 bridgehead atoms. The molecule has 0 amide bonds. The second kappa shape index (κ2) is 2.89. The molecule has 0 heterocycles. The molecule has 60 valence electrons. The number of hydrogen-bond donors (Lipinski definition) is 2. The third kappa shape index (κ3) is 1.32. The summed E-state index contributed by atoms with van der Waals surface area (Å²) in [6.45, 7) is 4.50. The van der Waals surface area contributed by atoms with Gasteiger partial charge < -0.3 is 0 Å². The van der Waals surface area contributed by atoms with E-state index in [0.29, 0.717) is 11.5 Å². The molecule has 1 aliphatic rings. The second-order valence-corrected chi connectivity index (χ2v) is 3.75.